The van der Waals surface area contributed by atoms with Crippen LogP contribution in [0.4, 0.5) is 5.69 Å². The number of halogens is 1. The summed E-state index contributed by atoms with van der Waals surface area (Å²) in [6, 6.07) is 4.50. The number of benzene rings is 1. The van der Waals surface area contributed by atoms with Crippen LogP contribution in [-0.4, -0.2) is 35.4 Å². The molecular formula is C13H18ClN3O3. The first-order valence-electron chi connectivity index (χ1n) is 6.40. The predicted molar refractivity (Wildman–Crippen MR) is 77.7 cm³/mol. The number of nitrogens with zero attached hydrogens (tertiary/aromatic N) is 2. The Hall–Kier alpha value is -1.66. The van der Waals surface area contributed by atoms with E-state index in [1.165, 1.54) is 6.07 Å². The second-order valence-electron chi connectivity index (χ2n) is 4.20. The average Bonchev–Trinajstić information content (AvgIpc) is 2.41. The highest BCUT2D eigenvalue weighted by Crippen LogP contribution is 2.22. The first-order valence-corrected chi connectivity index (χ1v) is 6.78. The van der Waals surface area contributed by atoms with Crippen LogP contribution in [0.2, 0.25) is 5.02 Å². The lowest BCUT2D eigenvalue weighted by Crippen LogP contribution is -2.37. The molecule has 1 N–H and O–H groups in total. The van der Waals surface area contributed by atoms with Crippen LogP contribution in [0.15, 0.2) is 18.2 Å². The molecule has 0 saturated heterocycles. The maximum Gasteiger partial charge on any atom is 0.275 e. The van der Waals surface area contributed by atoms with Crippen molar-refractivity contribution in [1.29, 1.82) is 0 Å². The average molecular weight is 300 g/mol. The molecule has 0 aliphatic heterocycles. The van der Waals surface area contributed by atoms with Gasteiger partial charge in [-0.05, 0) is 26.0 Å². The second kappa shape index (κ2) is 7.81. The van der Waals surface area contributed by atoms with Gasteiger partial charge in [0.2, 0.25) is 5.91 Å². The van der Waals surface area contributed by atoms with Gasteiger partial charge in [0.25, 0.3) is 5.69 Å². The van der Waals surface area contributed by atoms with Crippen molar-refractivity contribution in [3.63, 3.8) is 0 Å². The molecule has 0 saturated carbocycles. The van der Waals surface area contributed by atoms with E-state index in [1.807, 2.05) is 13.8 Å². The molecule has 7 heteroatoms. The molecule has 110 valence electrons. The summed E-state index contributed by atoms with van der Waals surface area (Å²) in [4.78, 5) is 23.9. The van der Waals surface area contributed by atoms with E-state index in [1.54, 1.807) is 17.0 Å². The van der Waals surface area contributed by atoms with Crippen molar-refractivity contribution in [2.24, 2.45) is 0 Å². The number of carbonyl (C=O) groups excluding carboxylic acids is 1. The second-order valence-corrected chi connectivity index (χ2v) is 4.64. The first kappa shape index (κ1) is 16.4. The lowest BCUT2D eigenvalue weighted by molar-refractivity contribution is -0.385. The largest absolute Gasteiger partial charge is 0.342 e. The van der Waals surface area contributed by atoms with Crippen molar-refractivity contribution in [3.8, 4) is 0 Å². The SMILES string of the molecule is CCN(CC)C(=O)CNCc1ccc(Cl)cc1[N+](=O)[O-]. The Morgan fingerprint density at radius 3 is 2.60 bits per heavy atom. The summed E-state index contributed by atoms with van der Waals surface area (Å²) in [5, 5.41) is 14.2. The summed E-state index contributed by atoms with van der Waals surface area (Å²) < 4.78 is 0. The molecule has 0 atom stereocenters. The summed E-state index contributed by atoms with van der Waals surface area (Å²) in [6.45, 7) is 5.52. The fourth-order valence-electron chi connectivity index (χ4n) is 1.85. The summed E-state index contributed by atoms with van der Waals surface area (Å²) >= 11 is 5.74. The molecule has 1 amide bonds. The van der Waals surface area contributed by atoms with E-state index < -0.39 is 4.92 Å². The van der Waals surface area contributed by atoms with Crippen molar-refractivity contribution in [3.05, 3.63) is 38.9 Å². The van der Waals surface area contributed by atoms with Gasteiger partial charge in [0.05, 0.1) is 11.5 Å². The van der Waals surface area contributed by atoms with E-state index in [4.69, 9.17) is 11.6 Å². The molecule has 0 heterocycles. The van der Waals surface area contributed by atoms with Crippen molar-refractivity contribution >= 4 is 23.2 Å². The van der Waals surface area contributed by atoms with Crippen LogP contribution < -0.4 is 5.32 Å². The van der Waals surface area contributed by atoms with Gasteiger partial charge in [0.1, 0.15) is 0 Å². The zero-order valence-corrected chi connectivity index (χ0v) is 12.3. The molecule has 0 unspecified atom stereocenters. The first-order chi connectivity index (χ1) is 9.49. The molecular weight excluding hydrogens is 282 g/mol. The van der Waals surface area contributed by atoms with Gasteiger partial charge in [-0.3, -0.25) is 14.9 Å². The summed E-state index contributed by atoms with van der Waals surface area (Å²) in [5.41, 5.74) is 0.465. The van der Waals surface area contributed by atoms with Crippen LogP contribution in [-0.2, 0) is 11.3 Å². The van der Waals surface area contributed by atoms with Gasteiger partial charge in [-0.1, -0.05) is 11.6 Å². The highest BCUT2D eigenvalue weighted by atomic mass is 35.5. The van der Waals surface area contributed by atoms with E-state index in [-0.39, 0.29) is 24.7 Å². The number of nitrogens with one attached hydrogen (secondary N) is 1. The molecule has 20 heavy (non-hydrogen) atoms. The van der Waals surface area contributed by atoms with Gasteiger partial charge in [0, 0.05) is 36.3 Å². The number of rotatable bonds is 7. The quantitative estimate of drug-likeness (QED) is 0.618. The van der Waals surface area contributed by atoms with Crippen LogP contribution >= 0.6 is 11.6 Å². The van der Waals surface area contributed by atoms with E-state index in [0.717, 1.165) is 0 Å². The smallest absolute Gasteiger partial charge is 0.275 e. The van der Waals surface area contributed by atoms with Crippen molar-refractivity contribution in [2.45, 2.75) is 20.4 Å². The summed E-state index contributed by atoms with van der Waals surface area (Å²) in [7, 11) is 0. The minimum Gasteiger partial charge on any atom is -0.342 e. The normalized spacial score (nSPS) is 10.3. The minimum atomic E-state index is -0.477. The zero-order valence-electron chi connectivity index (χ0n) is 11.6. The van der Waals surface area contributed by atoms with E-state index >= 15 is 0 Å². The molecule has 0 spiro atoms. The van der Waals surface area contributed by atoms with Gasteiger partial charge >= 0.3 is 0 Å². The zero-order chi connectivity index (χ0) is 15.1. The number of amides is 1. The molecule has 0 fully saturated rings. The number of nitro benzene ring substituents is 1. The number of likely N-dealkylation sites (N-methyl/N-ethyl adjacent to an activating group) is 1. The Kier molecular flexibility index (Phi) is 6.41. The van der Waals surface area contributed by atoms with Crippen LogP contribution in [0.3, 0.4) is 0 Å². The Morgan fingerprint density at radius 2 is 2.05 bits per heavy atom. The maximum absolute atomic E-state index is 11.8. The lowest BCUT2D eigenvalue weighted by Gasteiger charge is -2.18. The summed E-state index contributed by atoms with van der Waals surface area (Å²) in [5.74, 6) is -0.0217. The Labute approximate surface area is 122 Å². The predicted octanol–water partition coefficient (Wildman–Crippen LogP) is 2.21. The Bertz CT molecular complexity index is 490. The third-order valence-corrected chi connectivity index (χ3v) is 3.19. The number of carbonyl (C=O) groups is 1. The van der Waals surface area contributed by atoms with E-state index in [2.05, 4.69) is 5.32 Å². The van der Waals surface area contributed by atoms with Gasteiger partial charge < -0.3 is 10.2 Å². The standard InChI is InChI=1S/C13H18ClN3O3/c1-3-16(4-2)13(18)9-15-8-10-5-6-11(14)7-12(10)17(19)20/h5-7,15H,3-4,8-9H2,1-2H3. The van der Waals surface area contributed by atoms with Crippen LogP contribution in [0.5, 0.6) is 0 Å². The molecule has 0 aliphatic carbocycles. The molecule has 0 aliphatic rings. The highest BCUT2D eigenvalue weighted by Gasteiger charge is 2.15. The lowest BCUT2D eigenvalue weighted by atomic mass is 10.2. The molecule has 0 bridgehead atoms. The Morgan fingerprint density at radius 1 is 1.40 bits per heavy atom. The number of hydrogen-bond donors (Lipinski definition) is 1. The fourth-order valence-corrected chi connectivity index (χ4v) is 2.02. The van der Waals surface area contributed by atoms with Gasteiger partial charge in [0.15, 0.2) is 0 Å². The maximum atomic E-state index is 11.8. The highest BCUT2D eigenvalue weighted by molar-refractivity contribution is 6.30. The third-order valence-electron chi connectivity index (χ3n) is 2.95. The molecule has 1 rings (SSSR count). The van der Waals surface area contributed by atoms with Crippen molar-refractivity contribution < 1.29 is 9.72 Å². The topological polar surface area (TPSA) is 75.5 Å². The molecule has 0 aromatic heterocycles. The van der Waals surface area contributed by atoms with E-state index in [9.17, 15) is 14.9 Å². The van der Waals surface area contributed by atoms with Crippen LogP contribution in [0.25, 0.3) is 0 Å². The summed E-state index contributed by atoms with van der Waals surface area (Å²) in [6.07, 6.45) is 0. The van der Waals surface area contributed by atoms with Crippen LogP contribution in [0, 0.1) is 10.1 Å². The van der Waals surface area contributed by atoms with Gasteiger partial charge in [-0.15, -0.1) is 0 Å². The Balaban J connectivity index is 2.62. The van der Waals surface area contributed by atoms with Gasteiger partial charge in [-0.25, -0.2) is 0 Å². The third kappa shape index (κ3) is 4.47. The van der Waals surface area contributed by atoms with Gasteiger partial charge in [-0.2, -0.15) is 0 Å². The molecule has 0 radical (unpaired) electrons. The number of nitro groups is 1. The molecule has 1 aromatic rings. The molecule has 6 nitrogen and oxygen atoms in total. The molecule has 1 aromatic carbocycles. The van der Waals surface area contributed by atoms with Crippen molar-refractivity contribution in [2.75, 3.05) is 19.6 Å². The monoisotopic (exact) mass is 299 g/mol. The minimum absolute atomic E-state index is 0.0217. The van der Waals surface area contributed by atoms with Crippen LogP contribution in [0.1, 0.15) is 19.4 Å². The number of hydrogen-bond acceptors (Lipinski definition) is 4. The fraction of sp³-hybridized carbons (Fsp3) is 0.462. The van der Waals surface area contributed by atoms with E-state index in [0.29, 0.717) is 23.7 Å². The van der Waals surface area contributed by atoms with Crippen molar-refractivity contribution in [1.82, 2.24) is 10.2 Å².